The van der Waals surface area contributed by atoms with E-state index in [0.29, 0.717) is 5.92 Å². The maximum atomic E-state index is 10.9. The molecule has 6 heteroatoms. The Bertz CT molecular complexity index is 1260. The average molecular weight is 523 g/mol. The summed E-state index contributed by atoms with van der Waals surface area (Å²) < 4.78 is 0. The first-order chi connectivity index (χ1) is 18.9. The minimum atomic E-state index is -0.374. The monoisotopic (exact) mass is 522 g/mol. The van der Waals surface area contributed by atoms with Crippen molar-refractivity contribution in [2.75, 3.05) is 0 Å². The van der Waals surface area contributed by atoms with E-state index in [9.17, 15) is 20.2 Å². The molecule has 0 aromatic heterocycles. The van der Waals surface area contributed by atoms with E-state index < -0.39 is 0 Å². The van der Waals surface area contributed by atoms with Gasteiger partial charge in [0.1, 0.15) is 0 Å². The minimum absolute atomic E-state index is 0.110. The maximum Gasteiger partial charge on any atom is 0.269 e. The summed E-state index contributed by atoms with van der Waals surface area (Å²) in [5, 5.41) is 21.8. The van der Waals surface area contributed by atoms with Crippen LogP contribution in [0.4, 0.5) is 11.4 Å². The van der Waals surface area contributed by atoms with Gasteiger partial charge in [0.15, 0.2) is 0 Å². The normalized spacial score (nSPS) is 11.0. The van der Waals surface area contributed by atoms with Crippen LogP contribution in [0.5, 0.6) is 0 Å². The van der Waals surface area contributed by atoms with Crippen LogP contribution >= 0.6 is 0 Å². The first-order valence-corrected chi connectivity index (χ1v) is 13.6. The van der Waals surface area contributed by atoms with Gasteiger partial charge in [0.05, 0.1) is 9.85 Å². The van der Waals surface area contributed by atoms with Crippen LogP contribution in [-0.2, 0) is 12.8 Å². The van der Waals surface area contributed by atoms with Crippen LogP contribution in [0.25, 0.3) is 0 Å². The van der Waals surface area contributed by atoms with Gasteiger partial charge in [-0.25, -0.2) is 0 Å². The van der Waals surface area contributed by atoms with Crippen molar-refractivity contribution in [2.24, 2.45) is 0 Å². The van der Waals surface area contributed by atoms with E-state index in [1.807, 2.05) is 24.3 Å². The first kappa shape index (κ1) is 27.7. The third-order valence-electron chi connectivity index (χ3n) is 7.22. The van der Waals surface area contributed by atoms with Gasteiger partial charge in [0.2, 0.25) is 0 Å². The number of rotatable bonds is 13. The van der Waals surface area contributed by atoms with Gasteiger partial charge in [-0.2, -0.15) is 0 Å². The predicted molar refractivity (Wildman–Crippen MR) is 155 cm³/mol. The summed E-state index contributed by atoms with van der Waals surface area (Å²) in [6.07, 6.45) is 7.41. The predicted octanol–water partition coefficient (Wildman–Crippen LogP) is 8.79. The first-order valence-electron chi connectivity index (χ1n) is 13.6. The van der Waals surface area contributed by atoms with Gasteiger partial charge >= 0.3 is 0 Å². The van der Waals surface area contributed by atoms with Gasteiger partial charge in [-0.15, -0.1) is 0 Å². The molecule has 0 aliphatic carbocycles. The zero-order valence-electron chi connectivity index (χ0n) is 22.3. The second-order valence-corrected chi connectivity index (χ2v) is 10.1. The van der Waals surface area contributed by atoms with Gasteiger partial charge in [-0.1, -0.05) is 105 Å². The van der Waals surface area contributed by atoms with Crippen molar-refractivity contribution in [3.8, 4) is 0 Å². The molecule has 6 nitrogen and oxygen atoms in total. The fraction of sp³-hybridized carbons (Fsp3) is 0.273. The van der Waals surface area contributed by atoms with Crippen molar-refractivity contribution in [3.63, 3.8) is 0 Å². The summed E-state index contributed by atoms with van der Waals surface area (Å²) >= 11 is 0. The smallest absolute Gasteiger partial charge is 0.258 e. The summed E-state index contributed by atoms with van der Waals surface area (Å²) in [5.41, 5.74) is 7.26. The van der Waals surface area contributed by atoms with E-state index in [4.69, 9.17) is 0 Å². The molecule has 39 heavy (non-hydrogen) atoms. The Morgan fingerprint density at radius 1 is 0.538 bits per heavy atom. The lowest BCUT2D eigenvalue weighted by Gasteiger charge is -2.19. The summed E-state index contributed by atoms with van der Waals surface area (Å²) in [7, 11) is 0. The SMILES string of the molecule is CCCCCCC(c1ccc(Cc2ccc([N+](=O)[O-])cc2)cc1)c1ccc(Cc2ccc([N+](=O)[O-])cc2)cc1. The fourth-order valence-corrected chi connectivity index (χ4v) is 4.98. The number of nitro benzene ring substituents is 2. The Kier molecular flexibility index (Phi) is 9.57. The molecule has 0 fully saturated rings. The number of benzene rings is 4. The lowest BCUT2D eigenvalue weighted by Crippen LogP contribution is -2.03. The molecule has 4 aromatic rings. The van der Waals surface area contributed by atoms with Crippen molar-refractivity contribution in [1.82, 2.24) is 0 Å². The molecule has 4 rings (SSSR count). The highest BCUT2D eigenvalue weighted by Gasteiger charge is 2.15. The minimum Gasteiger partial charge on any atom is -0.258 e. The molecule has 0 saturated carbocycles. The molecular formula is C33H34N2O4. The Balaban J connectivity index is 1.47. The molecular weight excluding hydrogens is 488 g/mol. The number of hydrogen-bond acceptors (Lipinski definition) is 4. The van der Waals surface area contributed by atoms with Gasteiger partial charge in [0, 0.05) is 30.2 Å². The summed E-state index contributed by atoms with van der Waals surface area (Å²) in [6.45, 7) is 2.23. The number of nitrogens with zero attached hydrogens (tertiary/aromatic N) is 2. The van der Waals surface area contributed by atoms with Gasteiger partial charge in [-0.3, -0.25) is 20.2 Å². The molecule has 0 saturated heterocycles. The average Bonchev–Trinajstić information content (AvgIpc) is 2.95. The quantitative estimate of drug-likeness (QED) is 0.0997. The van der Waals surface area contributed by atoms with Crippen LogP contribution in [0.3, 0.4) is 0 Å². The van der Waals surface area contributed by atoms with E-state index in [0.717, 1.165) is 30.4 Å². The molecule has 0 aliphatic rings. The van der Waals surface area contributed by atoms with Crippen molar-refractivity contribution >= 4 is 11.4 Å². The van der Waals surface area contributed by atoms with E-state index in [2.05, 4.69) is 55.5 Å². The number of nitro groups is 2. The molecule has 0 spiro atoms. The zero-order valence-corrected chi connectivity index (χ0v) is 22.3. The highest BCUT2D eigenvalue weighted by atomic mass is 16.6. The molecule has 0 aliphatic heterocycles. The van der Waals surface area contributed by atoms with Crippen LogP contribution in [0.2, 0.25) is 0 Å². The van der Waals surface area contributed by atoms with Gasteiger partial charge in [0.25, 0.3) is 11.4 Å². The largest absolute Gasteiger partial charge is 0.269 e. The van der Waals surface area contributed by atoms with Crippen LogP contribution in [-0.4, -0.2) is 9.85 Å². The molecule has 0 atom stereocenters. The van der Waals surface area contributed by atoms with Crippen molar-refractivity contribution < 1.29 is 9.85 Å². The molecule has 0 heterocycles. The Morgan fingerprint density at radius 2 is 0.897 bits per heavy atom. The van der Waals surface area contributed by atoms with E-state index in [1.54, 1.807) is 24.3 Å². The Hall–Kier alpha value is -4.32. The van der Waals surface area contributed by atoms with Gasteiger partial charge < -0.3 is 0 Å². The number of non-ortho nitro benzene ring substituents is 2. The van der Waals surface area contributed by atoms with Crippen molar-refractivity contribution in [3.05, 3.63) is 151 Å². The van der Waals surface area contributed by atoms with Gasteiger partial charge in [-0.05, 0) is 52.6 Å². The maximum absolute atomic E-state index is 10.9. The lowest BCUT2D eigenvalue weighted by molar-refractivity contribution is -0.385. The molecule has 0 bridgehead atoms. The number of unbranched alkanes of at least 4 members (excludes halogenated alkanes) is 3. The van der Waals surface area contributed by atoms with Crippen molar-refractivity contribution in [1.29, 1.82) is 0 Å². The molecule has 200 valence electrons. The molecule has 0 N–H and O–H groups in total. The summed E-state index contributed by atoms with van der Waals surface area (Å²) in [4.78, 5) is 21.1. The molecule has 0 radical (unpaired) electrons. The lowest BCUT2D eigenvalue weighted by atomic mass is 9.85. The Labute approximate surface area is 229 Å². The molecule has 0 unspecified atom stereocenters. The summed E-state index contributed by atoms with van der Waals surface area (Å²) in [5.74, 6) is 0.309. The topological polar surface area (TPSA) is 86.3 Å². The van der Waals surface area contributed by atoms with E-state index in [-0.39, 0.29) is 21.2 Å². The van der Waals surface area contributed by atoms with Crippen LogP contribution in [0.1, 0.15) is 78.3 Å². The summed E-state index contributed by atoms with van der Waals surface area (Å²) in [6, 6.07) is 31.0. The highest BCUT2D eigenvalue weighted by Crippen LogP contribution is 2.31. The van der Waals surface area contributed by atoms with Crippen LogP contribution in [0.15, 0.2) is 97.1 Å². The van der Waals surface area contributed by atoms with E-state index >= 15 is 0 Å². The highest BCUT2D eigenvalue weighted by molar-refractivity contribution is 5.40. The standard InChI is InChI=1S/C33H34N2O4/c1-2-3-4-5-6-33(29-15-7-25(8-16-29)23-27-11-19-31(20-12-27)34(36)37)30-17-9-26(10-18-30)24-28-13-21-32(22-14-28)35(38)39/h7-22,33H,2-6,23-24H2,1H3. The number of hydrogen-bond donors (Lipinski definition) is 0. The third-order valence-corrected chi connectivity index (χ3v) is 7.22. The Morgan fingerprint density at radius 3 is 1.23 bits per heavy atom. The van der Waals surface area contributed by atoms with Crippen molar-refractivity contribution in [2.45, 2.75) is 57.8 Å². The van der Waals surface area contributed by atoms with Crippen LogP contribution in [0, 0.1) is 20.2 Å². The van der Waals surface area contributed by atoms with E-state index in [1.165, 1.54) is 47.9 Å². The third kappa shape index (κ3) is 7.84. The van der Waals surface area contributed by atoms with Crippen LogP contribution < -0.4 is 0 Å². The molecule has 0 amide bonds. The zero-order chi connectivity index (χ0) is 27.6. The molecule has 4 aromatic carbocycles. The fourth-order valence-electron chi connectivity index (χ4n) is 4.98. The second-order valence-electron chi connectivity index (χ2n) is 10.1. The second kappa shape index (κ2) is 13.5.